The molecule has 0 saturated heterocycles. The number of carbonyl (C=O) groups is 2. The van der Waals surface area contributed by atoms with E-state index in [0.717, 1.165) is 58.0 Å². The van der Waals surface area contributed by atoms with E-state index in [4.69, 9.17) is 9.47 Å². The lowest BCUT2D eigenvalue weighted by Crippen LogP contribution is -2.29. The van der Waals surface area contributed by atoms with Crippen LogP contribution in [0.3, 0.4) is 0 Å². The van der Waals surface area contributed by atoms with E-state index in [1.165, 1.54) is 103 Å². The van der Waals surface area contributed by atoms with Gasteiger partial charge in [-0.3, -0.25) is 9.59 Å². The van der Waals surface area contributed by atoms with Crippen LogP contribution in [0.25, 0.3) is 0 Å². The largest absolute Gasteiger partial charge is 0.466 e. The summed E-state index contributed by atoms with van der Waals surface area (Å²) in [6.07, 6.45) is 28.3. The summed E-state index contributed by atoms with van der Waals surface area (Å²) < 4.78 is 11.0. The molecule has 0 aromatic carbocycles. The molecular weight excluding hydrogens is 526 g/mol. The van der Waals surface area contributed by atoms with E-state index in [2.05, 4.69) is 18.7 Å². The van der Waals surface area contributed by atoms with Gasteiger partial charge in [0.2, 0.25) is 0 Å². The van der Waals surface area contributed by atoms with Gasteiger partial charge in [0.15, 0.2) is 0 Å². The summed E-state index contributed by atoms with van der Waals surface area (Å²) in [6.45, 7) is 9.65. The van der Waals surface area contributed by atoms with Gasteiger partial charge >= 0.3 is 11.9 Å². The zero-order chi connectivity index (χ0) is 30.9. The maximum atomic E-state index is 12.7. The summed E-state index contributed by atoms with van der Waals surface area (Å²) in [5.41, 5.74) is 0. The van der Waals surface area contributed by atoms with E-state index in [0.29, 0.717) is 26.0 Å². The number of hydrogen-bond donors (Lipinski definition) is 1. The third kappa shape index (κ3) is 29.0. The Balaban J connectivity index is 4.12. The number of nitrogens with zero attached hydrogens (tertiary/aromatic N) is 1. The molecular formula is C36H71NO5. The lowest BCUT2D eigenvalue weighted by molar-refractivity contribution is -0.150. The molecule has 0 aliphatic rings. The number of ether oxygens (including phenoxy) is 2. The van der Waals surface area contributed by atoms with Crippen LogP contribution in [0.15, 0.2) is 0 Å². The molecule has 0 unspecified atom stereocenters. The van der Waals surface area contributed by atoms with Crippen LogP contribution in [0.4, 0.5) is 0 Å². The van der Waals surface area contributed by atoms with Crippen molar-refractivity contribution in [2.24, 2.45) is 0 Å². The zero-order valence-electron chi connectivity index (χ0n) is 28.3. The molecule has 0 saturated carbocycles. The van der Waals surface area contributed by atoms with Crippen molar-refractivity contribution in [1.29, 1.82) is 0 Å². The van der Waals surface area contributed by atoms with Crippen LogP contribution in [0.1, 0.15) is 181 Å². The maximum absolute atomic E-state index is 12.7. The highest BCUT2D eigenvalue weighted by Gasteiger charge is 2.14. The number of unbranched alkanes of at least 4 members (excludes halogenated alkanes) is 17. The SMILES string of the molecule is CCCCCCCCC(CCCCCCCC)OC(=O)CCCCN(CCO)CCCCCCCCCC(=O)OCC. The molecule has 0 heterocycles. The molecule has 0 fully saturated rings. The van der Waals surface area contributed by atoms with Crippen LogP contribution in [0.5, 0.6) is 0 Å². The van der Waals surface area contributed by atoms with Gasteiger partial charge in [0.25, 0.3) is 0 Å². The van der Waals surface area contributed by atoms with E-state index in [1.807, 2.05) is 6.92 Å². The molecule has 6 heteroatoms. The van der Waals surface area contributed by atoms with Crippen LogP contribution < -0.4 is 0 Å². The Morgan fingerprint density at radius 3 is 1.50 bits per heavy atom. The molecule has 0 amide bonds. The number of esters is 2. The molecule has 250 valence electrons. The van der Waals surface area contributed by atoms with Crippen LogP contribution in [0.2, 0.25) is 0 Å². The van der Waals surface area contributed by atoms with E-state index >= 15 is 0 Å². The Hall–Kier alpha value is -1.14. The highest BCUT2D eigenvalue weighted by molar-refractivity contribution is 5.69. The maximum Gasteiger partial charge on any atom is 0.306 e. The lowest BCUT2D eigenvalue weighted by Gasteiger charge is -2.21. The fourth-order valence-corrected chi connectivity index (χ4v) is 5.62. The average Bonchev–Trinajstić information content (AvgIpc) is 2.97. The van der Waals surface area contributed by atoms with Gasteiger partial charge in [-0.1, -0.05) is 110 Å². The fraction of sp³-hybridized carbons (Fsp3) is 0.944. The van der Waals surface area contributed by atoms with Crippen molar-refractivity contribution in [3.05, 3.63) is 0 Å². The van der Waals surface area contributed by atoms with Crippen molar-refractivity contribution < 1.29 is 24.2 Å². The van der Waals surface area contributed by atoms with Gasteiger partial charge < -0.3 is 19.5 Å². The second kappa shape index (κ2) is 32.8. The minimum Gasteiger partial charge on any atom is -0.466 e. The summed E-state index contributed by atoms with van der Waals surface area (Å²) in [5.74, 6) is -0.0949. The normalized spacial score (nSPS) is 11.5. The van der Waals surface area contributed by atoms with Gasteiger partial charge in [-0.15, -0.1) is 0 Å². The van der Waals surface area contributed by atoms with Crippen LogP contribution in [0, 0.1) is 0 Å². The smallest absolute Gasteiger partial charge is 0.306 e. The summed E-state index contributed by atoms with van der Waals surface area (Å²) in [6, 6.07) is 0. The molecule has 0 aromatic rings. The van der Waals surface area contributed by atoms with Crippen molar-refractivity contribution in [2.75, 3.05) is 32.8 Å². The molecule has 0 aromatic heterocycles. The van der Waals surface area contributed by atoms with Gasteiger partial charge in [0.1, 0.15) is 6.10 Å². The first kappa shape index (κ1) is 40.9. The standard InChI is InChI=1S/C36H71NO5/c1-4-7-9-11-16-20-26-34(27-21-17-12-10-8-5-2)42-36(40)29-23-25-31-37(32-33-38)30-24-19-15-13-14-18-22-28-35(39)41-6-3/h34,38H,4-33H2,1-3H3. The fourth-order valence-electron chi connectivity index (χ4n) is 5.62. The van der Waals surface area contributed by atoms with Gasteiger partial charge in [0.05, 0.1) is 13.2 Å². The monoisotopic (exact) mass is 598 g/mol. The van der Waals surface area contributed by atoms with Gasteiger partial charge in [-0.2, -0.15) is 0 Å². The van der Waals surface area contributed by atoms with Gasteiger partial charge in [-0.05, 0) is 71.4 Å². The predicted molar refractivity (Wildman–Crippen MR) is 177 cm³/mol. The van der Waals surface area contributed by atoms with Crippen LogP contribution >= 0.6 is 0 Å². The highest BCUT2D eigenvalue weighted by Crippen LogP contribution is 2.18. The second-order valence-corrected chi connectivity index (χ2v) is 12.3. The topological polar surface area (TPSA) is 76.1 Å². The first-order valence-corrected chi connectivity index (χ1v) is 18.3. The Kier molecular flexibility index (Phi) is 31.9. The molecule has 0 atom stereocenters. The Bertz CT molecular complexity index is 569. The second-order valence-electron chi connectivity index (χ2n) is 12.3. The zero-order valence-corrected chi connectivity index (χ0v) is 28.3. The third-order valence-corrected chi connectivity index (χ3v) is 8.24. The van der Waals surface area contributed by atoms with Crippen LogP contribution in [-0.2, 0) is 19.1 Å². The van der Waals surface area contributed by atoms with Gasteiger partial charge in [0, 0.05) is 19.4 Å². The first-order chi connectivity index (χ1) is 20.6. The first-order valence-electron chi connectivity index (χ1n) is 18.3. The molecule has 0 rings (SSSR count). The molecule has 0 spiro atoms. The third-order valence-electron chi connectivity index (χ3n) is 8.24. The molecule has 0 radical (unpaired) electrons. The Morgan fingerprint density at radius 1 is 0.548 bits per heavy atom. The van der Waals surface area contributed by atoms with Crippen molar-refractivity contribution in [3.8, 4) is 0 Å². The minimum absolute atomic E-state index is 0.0204. The van der Waals surface area contributed by atoms with Crippen molar-refractivity contribution in [3.63, 3.8) is 0 Å². The highest BCUT2D eigenvalue weighted by atomic mass is 16.5. The molecule has 1 N–H and O–H groups in total. The Labute approximate surface area is 261 Å². The Morgan fingerprint density at radius 2 is 0.976 bits per heavy atom. The number of carbonyl (C=O) groups excluding carboxylic acids is 2. The number of hydrogen-bond acceptors (Lipinski definition) is 6. The van der Waals surface area contributed by atoms with Gasteiger partial charge in [-0.25, -0.2) is 0 Å². The van der Waals surface area contributed by atoms with E-state index in [9.17, 15) is 14.7 Å². The summed E-state index contributed by atoms with van der Waals surface area (Å²) in [7, 11) is 0. The molecule has 0 aliphatic carbocycles. The van der Waals surface area contributed by atoms with E-state index in [1.54, 1.807) is 0 Å². The quantitative estimate of drug-likeness (QED) is 0.0600. The summed E-state index contributed by atoms with van der Waals surface area (Å²) in [5, 5.41) is 9.49. The molecule has 0 aliphatic heterocycles. The van der Waals surface area contributed by atoms with E-state index in [-0.39, 0.29) is 24.6 Å². The minimum atomic E-state index is -0.0745. The van der Waals surface area contributed by atoms with Crippen molar-refractivity contribution >= 4 is 11.9 Å². The van der Waals surface area contributed by atoms with Crippen molar-refractivity contribution in [2.45, 2.75) is 187 Å². The number of aliphatic hydroxyl groups is 1. The lowest BCUT2D eigenvalue weighted by atomic mass is 10.0. The molecule has 0 bridgehead atoms. The molecule has 6 nitrogen and oxygen atoms in total. The predicted octanol–water partition coefficient (Wildman–Crippen LogP) is 9.55. The van der Waals surface area contributed by atoms with E-state index < -0.39 is 0 Å². The average molecular weight is 598 g/mol. The van der Waals surface area contributed by atoms with Crippen molar-refractivity contribution in [1.82, 2.24) is 4.90 Å². The summed E-state index contributed by atoms with van der Waals surface area (Å²) >= 11 is 0. The number of rotatable bonds is 33. The molecule has 42 heavy (non-hydrogen) atoms. The summed E-state index contributed by atoms with van der Waals surface area (Å²) in [4.78, 5) is 26.4. The van der Waals surface area contributed by atoms with Crippen LogP contribution in [-0.4, -0.2) is 60.9 Å². The number of aliphatic hydroxyl groups excluding tert-OH is 1.